The van der Waals surface area contributed by atoms with Crippen molar-refractivity contribution in [3.8, 4) is 11.5 Å². The van der Waals surface area contributed by atoms with Gasteiger partial charge in [-0.2, -0.15) is 0 Å². The summed E-state index contributed by atoms with van der Waals surface area (Å²) in [6.07, 6.45) is -0.635. The van der Waals surface area contributed by atoms with Crippen LogP contribution in [0.4, 0.5) is 5.69 Å². The van der Waals surface area contributed by atoms with E-state index in [1.165, 1.54) is 0 Å². The Morgan fingerprint density at radius 1 is 1.10 bits per heavy atom. The number of hydrogen-bond acceptors (Lipinski definition) is 3. The first kappa shape index (κ1) is 13.2. The van der Waals surface area contributed by atoms with Crippen LogP contribution in [-0.2, 0) is 4.79 Å². The van der Waals surface area contributed by atoms with Crippen LogP contribution in [-0.4, -0.2) is 18.6 Å². The third kappa shape index (κ3) is 2.87. The predicted molar refractivity (Wildman–Crippen MR) is 84.1 cm³/mol. The third-order valence-corrected chi connectivity index (χ3v) is 3.63. The van der Waals surface area contributed by atoms with Crippen molar-refractivity contribution in [1.82, 2.24) is 0 Å². The summed E-state index contributed by atoms with van der Waals surface area (Å²) in [6.45, 7) is 0.215. The number of halogens is 1. The van der Waals surface area contributed by atoms with Gasteiger partial charge in [0.05, 0.1) is 0 Å². The molecule has 0 fully saturated rings. The molecule has 0 saturated heterocycles. The molecule has 2 aromatic carbocycles. The lowest BCUT2D eigenvalue weighted by Crippen LogP contribution is -2.40. The highest BCUT2D eigenvalue weighted by Crippen LogP contribution is 2.31. The van der Waals surface area contributed by atoms with Gasteiger partial charge < -0.3 is 14.8 Å². The number of amides is 1. The Morgan fingerprint density at radius 3 is 2.55 bits per heavy atom. The summed E-state index contributed by atoms with van der Waals surface area (Å²) in [7, 11) is 0. The van der Waals surface area contributed by atoms with Gasteiger partial charge in [-0.05, 0) is 59.0 Å². The molecule has 102 valence electrons. The third-order valence-electron chi connectivity index (χ3n) is 2.91. The fourth-order valence-corrected chi connectivity index (χ4v) is 2.26. The molecule has 0 saturated carbocycles. The highest BCUT2D eigenvalue weighted by Gasteiger charge is 2.27. The number of carbonyl (C=O) groups is 1. The average molecular weight is 381 g/mol. The van der Waals surface area contributed by atoms with Crippen molar-refractivity contribution < 1.29 is 14.3 Å². The van der Waals surface area contributed by atoms with E-state index in [-0.39, 0.29) is 12.5 Å². The summed E-state index contributed by atoms with van der Waals surface area (Å²) in [5.74, 6) is 1.06. The summed E-state index contributed by atoms with van der Waals surface area (Å²) in [4.78, 5) is 12.1. The van der Waals surface area contributed by atoms with Crippen LogP contribution >= 0.6 is 22.6 Å². The van der Waals surface area contributed by atoms with E-state index >= 15 is 0 Å². The fourth-order valence-electron chi connectivity index (χ4n) is 1.90. The van der Waals surface area contributed by atoms with Crippen LogP contribution in [0.25, 0.3) is 0 Å². The molecule has 1 heterocycles. The molecule has 4 nitrogen and oxygen atoms in total. The van der Waals surface area contributed by atoms with Crippen molar-refractivity contribution in [1.29, 1.82) is 0 Å². The topological polar surface area (TPSA) is 47.6 Å². The number of nitrogens with one attached hydrogen (secondary N) is 1. The maximum Gasteiger partial charge on any atom is 0.269 e. The lowest BCUT2D eigenvalue weighted by Gasteiger charge is -2.25. The average Bonchev–Trinajstić information content (AvgIpc) is 2.49. The van der Waals surface area contributed by atoms with Gasteiger partial charge in [0, 0.05) is 9.26 Å². The first-order valence-corrected chi connectivity index (χ1v) is 7.25. The van der Waals surface area contributed by atoms with Gasteiger partial charge in [0.25, 0.3) is 5.91 Å². The minimum absolute atomic E-state index is 0.208. The maximum atomic E-state index is 12.1. The number of hydrogen-bond donors (Lipinski definition) is 1. The SMILES string of the molecule is O=C(Nc1ccc(I)cc1)[C@H]1COc2ccccc2O1. The van der Waals surface area contributed by atoms with Gasteiger partial charge >= 0.3 is 0 Å². The second-order valence-electron chi connectivity index (χ2n) is 4.36. The van der Waals surface area contributed by atoms with E-state index in [2.05, 4.69) is 27.9 Å². The molecule has 0 spiro atoms. The number of rotatable bonds is 2. The minimum atomic E-state index is -0.635. The minimum Gasteiger partial charge on any atom is -0.485 e. The molecule has 2 aromatic rings. The zero-order valence-electron chi connectivity index (χ0n) is 10.5. The van der Waals surface area contributed by atoms with Gasteiger partial charge in [0.2, 0.25) is 6.10 Å². The summed E-state index contributed by atoms with van der Waals surface area (Å²) >= 11 is 2.22. The molecule has 1 aliphatic rings. The van der Waals surface area contributed by atoms with Crippen LogP contribution in [0.3, 0.4) is 0 Å². The molecular formula is C15H12INO3. The summed E-state index contributed by atoms with van der Waals surface area (Å²) in [5, 5.41) is 2.82. The van der Waals surface area contributed by atoms with E-state index in [1.54, 1.807) is 6.07 Å². The highest BCUT2D eigenvalue weighted by molar-refractivity contribution is 14.1. The summed E-state index contributed by atoms with van der Waals surface area (Å²) in [6, 6.07) is 14.9. The number of benzene rings is 2. The van der Waals surface area contributed by atoms with Crippen molar-refractivity contribution in [2.75, 3.05) is 11.9 Å². The Bertz CT molecular complexity index is 627. The van der Waals surface area contributed by atoms with Crippen LogP contribution in [0, 0.1) is 3.57 Å². The monoisotopic (exact) mass is 381 g/mol. The lowest BCUT2D eigenvalue weighted by atomic mass is 10.2. The molecule has 0 radical (unpaired) electrons. The maximum absolute atomic E-state index is 12.1. The first-order chi connectivity index (χ1) is 9.72. The van der Waals surface area contributed by atoms with Gasteiger partial charge in [-0.1, -0.05) is 12.1 Å². The van der Waals surface area contributed by atoms with E-state index in [0.29, 0.717) is 11.5 Å². The second-order valence-corrected chi connectivity index (χ2v) is 5.61. The molecule has 0 bridgehead atoms. The van der Waals surface area contributed by atoms with Gasteiger partial charge in [0.1, 0.15) is 6.61 Å². The molecule has 0 aromatic heterocycles. The van der Waals surface area contributed by atoms with Crippen LogP contribution in [0.2, 0.25) is 0 Å². The number of carbonyl (C=O) groups excluding carboxylic acids is 1. The number of fused-ring (bicyclic) bond motifs is 1. The van der Waals surface area contributed by atoms with E-state index in [1.807, 2.05) is 42.5 Å². The summed E-state index contributed by atoms with van der Waals surface area (Å²) < 4.78 is 12.3. The standard InChI is InChI=1S/C15H12INO3/c16-10-5-7-11(8-6-10)17-15(18)14-9-19-12-3-1-2-4-13(12)20-14/h1-8,14H,9H2,(H,17,18)/t14-/m1/s1. The highest BCUT2D eigenvalue weighted by atomic mass is 127. The molecule has 1 N–H and O–H groups in total. The Labute approximate surface area is 130 Å². The van der Waals surface area contributed by atoms with Crippen LogP contribution in [0.5, 0.6) is 11.5 Å². The fraction of sp³-hybridized carbons (Fsp3) is 0.133. The zero-order valence-corrected chi connectivity index (χ0v) is 12.7. The molecule has 1 amide bonds. The van der Waals surface area contributed by atoms with Crippen LogP contribution < -0.4 is 14.8 Å². The largest absolute Gasteiger partial charge is 0.485 e. The molecule has 0 aliphatic carbocycles. The van der Waals surface area contributed by atoms with Gasteiger partial charge in [-0.25, -0.2) is 0 Å². The molecule has 1 aliphatic heterocycles. The van der Waals surface area contributed by atoms with Gasteiger partial charge in [0.15, 0.2) is 11.5 Å². The van der Waals surface area contributed by atoms with E-state index in [4.69, 9.17) is 9.47 Å². The second kappa shape index (κ2) is 5.70. The Kier molecular flexibility index (Phi) is 3.77. The molecule has 1 atom stereocenters. The van der Waals surface area contributed by atoms with E-state index < -0.39 is 6.10 Å². The molecule has 0 unspecified atom stereocenters. The molecule has 20 heavy (non-hydrogen) atoms. The van der Waals surface area contributed by atoms with Crippen molar-refractivity contribution in [2.45, 2.75) is 6.10 Å². The Hall–Kier alpha value is -1.76. The molecule has 5 heteroatoms. The number of para-hydroxylation sites is 2. The van der Waals surface area contributed by atoms with E-state index in [9.17, 15) is 4.79 Å². The van der Waals surface area contributed by atoms with Gasteiger partial charge in [-0.15, -0.1) is 0 Å². The van der Waals surface area contributed by atoms with E-state index in [0.717, 1.165) is 9.26 Å². The quantitative estimate of drug-likeness (QED) is 0.814. The lowest BCUT2D eigenvalue weighted by molar-refractivity contribution is -0.125. The van der Waals surface area contributed by atoms with Crippen molar-refractivity contribution in [3.63, 3.8) is 0 Å². The smallest absolute Gasteiger partial charge is 0.269 e. The van der Waals surface area contributed by atoms with Crippen LogP contribution in [0.1, 0.15) is 0 Å². The zero-order chi connectivity index (χ0) is 13.9. The van der Waals surface area contributed by atoms with Crippen molar-refractivity contribution in [3.05, 3.63) is 52.1 Å². The molecule has 3 rings (SSSR count). The Balaban J connectivity index is 1.68. The summed E-state index contributed by atoms with van der Waals surface area (Å²) in [5.41, 5.74) is 0.748. The number of ether oxygens (including phenoxy) is 2. The number of anilines is 1. The van der Waals surface area contributed by atoms with Gasteiger partial charge in [-0.3, -0.25) is 4.79 Å². The predicted octanol–water partition coefficient (Wildman–Crippen LogP) is 3.07. The van der Waals surface area contributed by atoms with Crippen molar-refractivity contribution >= 4 is 34.2 Å². The van der Waals surface area contributed by atoms with Crippen LogP contribution in [0.15, 0.2) is 48.5 Å². The molecular weight excluding hydrogens is 369 g/mol. The Morgan fingerprint density at radius 2 is 1.80 bits per heavy atom. The van der Waals surface area contributed by atoms with Crippen molar-refractivity contribution in [2.24, 2.45) is 0 Å². The normalized spacial score (nSPS) is 16.6. The first-order valence-electron chi connectivity index (χ1n) is 6.17.